The van der Waals surface area contributed by atoms with Gasteiger partial charge >= 0.3 is 0 Å². The van der Waals surface area contributed by atoms with Crippen LogP contribution >= 0.6 is 0 Å². The van der Waals surface area contributed by atoms with E-state index in [1.807, 2.05) is 6.92 Å². The minimum Gasteiger partial charge on any atom is -0.353 e. The molecule has 0 N–H and O–H groups in total. The van der Waals surface area contributed by atoms with Gasteiger partial charge < -0.3 is 4.90 Å². The summed E-state index contributed by atoms with van der Waals surface area (Å²) in [5, 5.41) is -1.03. The van der Waals surface area contributed by atoms with E-state index in [-0.39, 0.29) is 18.0 Å². The van der Waals surface area contributed by atoms with E-state index in [0.29, 0.717) is 17.8 Å². The van der Waals surface area contributed by atoms with Crippen molar-refractivity contribution in [1.29, 1.82) is 0 Å². The van der Waals surface area contributed by atoms with Gasteiger partial charge in [0.25, 0.3) is 10.0 Å². The van der Waals surface area contributed by atoms with Crippen molar-refractivity contribution in [3.63, 3.8) is 0 Å². The standard InChI is InChI=1S/C14H18N2O4S2/c1-3-11-9-16(8-10(2)21(11,17)18)14-12-6-4-5-7-13(12)22(19,20)15-14/h4-7,10-11H,3,8-9H2,1-2H3. The zero-order valence-electron chi connectivity index (χ0n) is 12.4. The Bertz CT molecular complexity index is 843. The lowest BCUT2D eigenvalue weighted by Crippen LogP contribution is -2.53. The molecule has 2 atom stereocenters. The summed E-state index contributed by atoms with van der Waals surface area (Å²) >= 11 is 0. The molecule has 2 aliphatic heterocycles. The number of hydrogen-bond acceptors (Lipinski definition) is 5. The van der Waals surface area contributed by atoms with E-state index in [0.717, 1.165) is 0 Å². The Balaban J connectivity index is 2.03. The Morgan fingerprint density at radius 2 is 1.86 bits per heavy atom. The summed E-state index contributed by atoms with van der Waals surface area (Å²) in [5.74, 6) is 0.371. The Labute approximate surface area is 130 Å². The van der Waals surface area contributed by atoms with E-state index in [1.54, 1.807) is 30.0 Å². The van der Waals surface area contributed by atoms with Gasteiger partial charge in [0.2, 0.25) is 0 Å². The van der Waals surface area contributed by atoms with Gasteiger partial charge in [0, 0.05) is 18.7 Å². The van der Waals surface area contributed by atoms with Gasteiger partial charge in [-0.1, -0.05) is 19.1 Å². The van der Waals surface area contributed by atoms with Crippen molar-refractivity contribution in [3.8, 4) is 0 Å². The van der Waals surface area contributed by atoms with Crippen LogP contribution in [0, 0.1) is 0 Å². The molecule has 0 saturated carbocycles. The fourth-order valence-corrected chi connectivity index (χ4v) is 6.14. The number of sulfone groups is 1. The van der Waals surface area contributed by atoms with E-state index >= 15 is 0 Å². The molecule has 2 aliphatic rings. The SMILES string of the molecule is CCC1CN(C2=NS(=O)(=O)c3ccccc32)CC(C)S1(=O)=O. The minimum atomic E-state index is -3.68. The molecule has 3 rings (SSSR count). The number of sulfonamides is 1. The quantitative estimate of drug-likeness (QED) is 0.761. The van der Waals surface area contributed by atoms with Crippen LogP contribution in [0.15, 0.2) is 33.6 Å². The molecule has 0 amide bonds. The monoisotopic (exact) mass is 342 g/mol. The first-order chi connectivity index (χ1) is 10.3. The highest BCUT2D eigenvalue weighted by Gasteiger charge is 2.41. The van der Waals surface area contributed by atoms with Gasteiger partial charge in [-0.2, -0.15) is 8.42 Å². The van der Waals surface area contributed by atoms with Crippen LogP contribution in [0.25, 0.3) is 0 Å². The maximum Gasteiger partial charge on any atom is 0.285 e. The Hall–Kier alpha value is -1.41. The summed E-state index contributed by atoms with van der Waals surface area (Å²) in [6.07, 6.45) is 0.505. The Kier molecular flexibility index (Phi) is 3.56. The third kappa shape index (κ3) is 2.25. The normalized spacial score (nSPS) is 29.0. The van der Waals surface area contributed by atoms with Crippen LogP contribution in [0.2, 0.25) is 0 Å². The summed E-state index contributed by atoms with van der Waals surface area (Å²) in [6.45, 7) is 4.05. The Morgan fingerprint density at radius 3 is 2.55 bits per heavy atom. The van der Waals surface area contributed by atoms with Crippen molar-refractivity contribution >= 4 is 25.7 Å². The van der Waals surface area contributed by atoms with Gasteiger partial charge in [0.1, 0.15) is 4.90 Å². The lowest BCUT2D eigenvalue weighted by Gasteiger charge is -2.37. The van der Waals surface area contributed by atoms with E-state index in [1.165, 1.54) is 6.07 Å². The molecule has 0 aliphatic carbocycles. The second-order valence-corrected chi connectivity index (χ2v) is 9.94. The molecule has 22 heavy (non-hydrogen) atoms. The van der Waals surface area contributed by atoms with E-state index in [4.69, 9.17) is 0 Å². The zero-order valence-corrected chi connectivity index (χ0v) is 14.1. The van der Waals surface area contributed by atoms with Gasteiger partial charge in [-0.15, -0.1) is 4.40 Å². The highest BCUT2D eigenvalue weighted by atomic mass is 32.2. The number of hydrogen-bond donors (Lipinski definition) is 0. The third-order valence-electron chi connectivity index (χ3n) is 4.29. The van der Waals surface area contributed by atoms with Gasteiger partial charge in [-0.05, 0) is 25.5 Å². The molecule has 0 aromatic heterocycles. The summed E-state index contributed by atoms with van der Waals surface area (Å²) in [5.41, 5.74) is 0.559. The molecule has 2 heterocycles. The highest BCUT2D eigenvalue weighted by Crippen LogP contribution is 2.30. The number of fused-ring (bicyclic) bond motifs is 1. The molecular formula is C14H18N2O4S2. The van der Waals surface area contributed by atoms with Crippen LogP contribution in [0.4, 0.5) is 0 Å². The number of benzene rings is 1. The van der Waals surface area contributed by atoms with Crippen molar-refractivity contribution in [1.82, 2.24) is 4.90 Å². The first-order valence-electron chi connectivity index (χ1n) is 7.19. The molecule has 1 saturated heterocycles. The lowest BCUT2D eigenvalue weighted by atomic mass is 10.1. The molecule has 1 fully saturated rings. The summed E-state index contributed by atoms with van der Waals surface area (Å²) in [6, 6.07) is 6.67. The third-order valence-corrected chi connectivity index (χ3v) is 8.30. The fraction of sp³-hybridized carbons (Fsp3) is 0.500. The number of amidine groups is 1. The van der Waals surface area contributed by atoms with E-state index in [9.17, 15) is 16.8 Å². The van der Waals surface area contributed by atoms with Crippen LogP contribution in [0.5, 0.6) is 0 Å². The van der Waals surface area contributed by atoms with Crippen molar-refractivity contribution < 1.29 is 16.8 Å². The van der Waals surface area contributed by atoms with Crippen molar-refractivity contribution in [2.75, 3.05) is 13.1 Å². The van der Waals surface area contributed by atoms with Crippen LogP contribution in [-0.4, -0.2) is 51.2 Å². The summed E-state index contributed by atoms with van der Waals surface area (Å²) in [7, 11) is -6.84. The average molecular weight is 342 g/mol. The van der Waals surface area contributed by atoms with Gasteiger partial charge in [-0.3, -0.25) is 0 Å². The van der Waals surface area contributed by atoms with Crippen molar-refractivity contribution in [2.45, 2.75) is 35.7 Å². The first-order valence-corrected chi connectivity index (χ1v) is 10.2. The number of rotatable bonds is 1. The van der Waals surface area contributed by atoms with Gasteiger partial charge in [-0.25, -0.2) is 8.42 Å². The average Bonchev–Trinajstić information content (AvgIpc) is 2.74. The maximum atomic E-state index is 12.3. The molecule has 8 heteroatoms. The molecule has 0 spiro atoms. The second-order valence-electron chi connectivity index (χ2n) is 5.72. The fourth-order valence-electron chi connectivity index (χ4n) is 3.02. The topological polar surface area (TPSA) is 83.9 Å². The van der Waals surface area contributed by atoms with Crippen LogP contribution in [-0.2, 0) is 19.9 Å². The molecular weight excluding hydrogens is 324 g/mol. The maximum absolute atomic E-state index is 12.3. The zero-order chi connectivity index (χ0) is 16.1. The second kappa shape index (κ2) is 5.06. The Morgan fingerprint density at radius 1 is 1.18 bits per heavy atom. The lowest BCUT2D eigenvalue weighted by molar-refractivity contribution is 0.376. The molecule has 1 aromatic rings. The van der Waals surface area contributed by atoms with E-state index < -0.39 is 30.4 Å². The molecule has 2 unspecified atom stereocenters. The summed E-state index contributed by atoms with van der Waals surface area (Å²) in [4.78, 5) is 1.99. The predicted octanol–water partition coefficient (Wildman–Crippen LogP) is 1.03. The number of nitrogens with zero attached hydrogens (tertiary/aromatic N) is 2. The van der Waals surface area contributed by atoms with Gasteiger partial charge in [0.05, 0.1) is 10.5 Å². The van der Waals surface area contributed by atoms with E-state index in [2.05, 4.69) is 4.40 Å². The first kappa shape index (κ1) is 15.5. The smallest absolute Gasteiger partial charge is 0.285 e. The van der Waals surface area contributed by atoms with Crippen LogP contribution in [0.1, 0.15) is 25.8 Å². The molecule has 0 bridgehead atoms. The molecule has 1 aromatic carbocycles. The summed E-state index contributed by atoms with van der Waals surface area (Å²) < 4.78 is 52.7. The molecule has 6 nitrogen and oxygen atoms in total. The highest BCUT2D eigenvalue weighted by molar-refractivity contribution is 7.92. The van der Waals surface area contributed by atoms with Gasteiger partial charge in [0.15, 0.2) is 15.7 Å². The largest absolute Gasteiger partial charge is 0.353 e. The van der Waals surface area contributed by atoms with Crippen LogP contribution < -0.4 is 0 Å². The minimum absolute atomic E-state index is 0.194. The molecule has 120 valence electrons. The predicted molar refractivity (Wildman–Crippen MR) is 84.2 cm³/mol. The van der Waals surface area contributed by atoms with Crippen LogP contribution in [0.3, 0.4) is 0 Å². The van der Waals surface area contributed by atoms with Crippen molar-refractivity contribution in [3.05, 3.63) is 29.8 Å². The molecule has 0 radical (unpaired) electrons. The van der Waals surface area contributed by atoms with Crippen molar-refractivity contribution in [2.24, 2.45) is 4.40 Å².